The molecule has 47 heavy (non-hydrogen) atoms. The van der Waals surface area contributed by atoms with E-state index in [9.17, 15) is 0 Å². The van der Waals surface area contributed by atoms with E-state index in [4.69, 9.17) is 0 Å². The Labute approximate surface area is 275 Å². The molecule has 0 saturated carbocycles. The van der Waals surface area contributed by atoms with E-state index in [1.54, 1.807) is 0 Å². The molecule has 220 valence electrons. The zero-order valence-electron chi connectivity index (χ0n) is 25.8. The van der Waals surface area contributed by atoms with Gasteiger partial charge in [-0.15, -0.1) is 0 Å². The average molecular weight is 598 g/mol. The minimum atomic E-state index is 1.12. The molecule has 0 aromatic heterocycles. The topological polar surface area (TPSA) is 3.24 Å². The molecule has 0 radical (unpaired) electrons. The van der Waals surface area contributed by atoms with Crippen LogP contribution < -0.4 is 4.90 Å². The Bertz CT molecular complexity index is 2370. The average Bonchev–Trinajstić information content (AvgIpc) is 3.27. The van der Waals surface area contributed by atoms with Gasteiger partial charge in [-0.25, -0.2) is 0 Å². The molecular weight excluding hydrogens is 567 g/mol. The van der Waals surface area contributed by atoms with Crippen molar-refractivity contribution in [1.29, 1.82) is 0 Å². The predicted molar refractivity (Wildman–Crippen MR) is 199 cm³/mol. The first-order valence-electron chi connectivity index (χ1n) is 16.2. The number of para-hydroxylation sites is 1. The second kappa shape index (κ2) is 11.3. The van der Waals surface area contributed by atoms with Crippen LogP contribution in [0.2, 0.25) is 0 Å². The normalized spacial score (nSPS) is 11.4. The smallest absolute Gasteiger partial charge is 0.0462 e. The van der Waals surface area contributed by atoms with Crippen molar-refractivity contribution in [2.75, 3.05) is 4.90 Å². The van der Waals surface area contributed by atoms with Crippen LogP contribution in [0, 0.1) is 0 Å². The fourth-order valence-electron chi connectivity index (χ4n) is 7.19. The Kier molecular flexibility index (Phi) is 6.54. The summed E-state index contributed by atoms with van der Waals surface area (Å²) in [4.78, 5) is 2.32. The summed E-state index contributed by atoms with van der Waals surface area (Å²) in [6.07, 6.45) is 0. The van der Waals surface area contributed by atoms with Gasteiger partial charge in [-0.1, -0.05) is 146 Å². The van der Waals surface area contributed by atoms with Crippen molar-refractivity contribution in [3.05, 3.63) is 188 Å². The molecule has 1 aliphatic rings. The van der Waals surface area contributed by atoms with Crippen LogP contribution in [0.15, 0.2) is 188 Å². The zero-order valence-corrected chi connectivity index (χ0v) is 25.8. The Hall–Kier alpha value is -6.18. The van der Waals surface area contributed by atoms with Crippen LogP contribution in [0.1, 0.15) is 0 Å². The molecule has 0 bridgehead atoms. The fraction of sp³-hybridized carbons (Fsp3) is 0. The van der Waals surface area contributed by atoms with Crippen LogP contribution in [-0.2, 0) is 0 Å². The fourth-order valence-corrected chi connectivity index (χ4v) is 7.19. The van der Waals surface area contributed by atoms with E-state index in [1.165, 1.54) is 66.4 Å². The largest absolute Gasteiger partial charge is 0.311 e. The minimum Gasteiger partial charge on any atom is -0.311 e. The molecule has 0 unspecified atom stereocenters. The number of fused-ring (bicyclic) bond motifs is 5. The van der Waals surface area contributed by atoms with E-state index in [-0.39, 0.29) is 0 Å². The van der Waals surface area contributed by atoms with Crippen molar-refractivity contribution in [2.24, 2.45) is 0 Å². The second-order valence-corrected chi connectivity index (χ2v) is 12.1. The molecular formula is C46H31N. The van der Waals surface area contributed by atoms with E-state index in [1.807, 2.05) is 0 Å². The molecule has 0 atom stereocenters. The van der Waals surface area contributed by atoms with Gasteiger partial charge in [0, 0.05) is 17.1 Å². The maximum atomic E-state index is 2.38. The van der Waals surface area contributed by atoms with Crippen molar-refractivity contribution in [3.63, 3.8) is 0 Å². The first-order valence-corrected chi connectivity index (χ1v) is 16.2. The van der Waals surface area contributed by atoms with Gasteiger partial charge in [-0.05, 0) is 109 Å². The summed E-state index contributed by atoms with van der Waals surface area (Å²) in [6, 6.07) is 68.2. The molecule has 0 spiro atoms. The monoisotopic (exact) mass is 597 g/mol. The predicted octanol–water partition coefficient (Wildman–Crippen LogP) is 13.0. The van der Waals surface area contributed by atoms with Crippen molar-refractivity contribution in [2.45, 2.75) is 0 Å². The first-order chi connectivity index (χ1) is 23.3. The summed E-state index contributed by atoms with van der Waals surface area (Å²) in [7, 11) is 0. The number of rotatable bonds is 5. The minimum absolute atomic E-state index is 1.12. The van der Waals surface area contributed by atoms with Crippen molar-refractivity contribution >= 4 is 27.8 Å². The van der Waals surface area contributed by atoms with E-state index >= 15 is 0 Å². The molecule has 1 aliphatic carbocycles. The van der Waals surface area contributed by atoms with Gasteiger partial charge in [0.1, 0.15) is 0 Å². The van der Waals surface area contributed by atoms with Gasteiger partial charge in [0.2, 0.25) is 0 Å². The third-order valence-corrected chi connectivity index (χ3v) is 9.43. The molecule has 0 aliphatic heterocycles. The summed E-state index contributed by atoms with van der Waals surface area (Å²) >= 11 is 0. The Balaban J connectivity index is 1.13. The van der Waals surface area contributed by atoms with Crippen LogP contribution >= 0.6 is 0 Å². The van der Waals surface area contributed by atoms with Gasteiger partial charge in [0.15, 0.2) is 0 Å². The molecule has 0 N–H and O–H groups in total. The van der Waals surface area contributed by atoms with Crippen molar-refractivity contribution < 1.29 is 0 Å². The molecule has 1 heteroatoms. The molecule has 0 fully saturated rings. The van der Waals surface area contributed by atoms with E-state index in [2.05, 4.69) is 193 Å². The van der Waals surface area contributed by atoms with Crippen LogP contribution in [0.3, 0.4) is 0 Å². The summed E-state index contributed by atoms with van der Waals surface area (Å²) in [5.74, 6) is 0. The van der Waals surface area contributed by atoms with E-state index in [0.29, 0.717) is 0 Å². The van der Waals surface area contributed by atoms with Crippen LogP contribution in [0.25, 0.3) is 66.4 Å². The molecule has 1 nitrogen and oxygen atoms in total. The number of anilines is 3. The number of nitrogens with zero attached hydrogens (tertiary/aromatic N) is 1. The van der Waals surface area contributed by atoms with Crippen molar-refractivity contribution in [3.8, 4) is 55.6 Å². The van der Waals surface area contributed by atoms with Gasteiger partial charge < -0.3 is 4.90 Å². The summed E-state index contributed by atoms with van der Waals surface area (Å²) in [5.41, 5.74) is 15.9. The van der Waals surface area contributed by atoms with Crippen molar-refractivity contribution in [1.82, 2.24) is 0 Å². The van der Waals surface area contributed by atoms with Crippen LogP contribution in [-0.4, -0.2) is 0 Å². The highest BCUT2D eigenvalue weighted by molar-refractivity contribution is 6.13. The lowest BCUT2D eigenvalue weighted by molar-refractivity contribution is 1.28. The highest BCUT2D eigenvalue weighted by atomic mass is 15.1. The van der Waals surface area contributed by atoms with Gasteiger partial charge in [0.25, 0.3) is 0 Å². The molecule has 0 saturated heterocycles. The maximum absolute atomic E-state index is 2.38. The maximum Gasteiger partial charge on any atom is 0.0462 e. The first kappa shape index (κ1) is 27.2. The van der Waals surface area contributed by atoms with Gasteiger partial charge in [-0.3, -0.25) is 0 Å². The van der Waals surface area contributed by atoms with E-state index < -0.39 is 0 Å². The SMILES string of the molecule is c1ccc(-c2ccc(N(c3ccccc3)c3ccc(-c4ccc5c(c4)-c4cccc6cccc(c46)-c4ccccc4-5)cc3)cc2)cc1. The van der Waals surface area contributed by atoms with Crippen LogP contribution in [0.5, 0.6) is 0 Å². The molecule has 8 aromatic carbocycles. The lowest BCUT2D eigenvalue weighted by atomic mass is 9.90. The Morgan fingerprint density at radius 3 is 1.32 bits per heavy atom. The lowest BCUT2D eigenvalue weighted by Gasteiger charge is -2.26. The number of hydrogen-bond donors (Lipinski definition) is 0. The highest BCUT2D eigenvalue weighted by Crippen LogP contribution is 2.48. The molecule has 0 amide bonds. The van der Waals surface area contributed by atoms with Gasteiger partial charge >= 0.3 is 0 Å². The Morgan fingerprint density at radius 2 is 0.681 bits per heavy atom. The second-order valence-electron chi connectivity index (χ2n) is 12.1. The summed E-state index contributed by atoms with van der Waals surface area (Å²) in [6.45, 7) is 0. The Morgan fingerprint density at radius 1 is 0.255 bits per heavy atom. The summed E-state index contributed by atoms with van der Waals surface area (Å²) in [5, 5.41) is 2.60. The number of hydrogen-bond acceptors (Lipinski definition) is 1. The van der Waals surface area contributed by atoms with E-state index in [0.717, 1.165) is 17.1 Å². The molecule has 0 heterocycles. The zero-order chi connectivity index (χ0) is 31.2. The standard InChI is InChI=1S/C46H31N/c1-3-11-32(12-4-1)33-21-26-38(27-22-33)47(37-15-5-2-6-16-37)39-28-23-34(24-29-39)36-25-30-42-40-17-7-8-18-41(40)43-19-9-13-35-14-10-20-44(46(35)43)45(42)31-36/h1-31H. The summed E-state index contributed by atoms with van der Waals surface area (Å²) < 4.78 is 0. The molecule has 8 aromatic rings. The van der Waals surface area contributed by atoms with Crippen LogP contribution in [0.4, 0.5) is 17.1 Å². The third kappa shape index (κ3) is 4.72. The molecule has 9 rings (SSSR count). The van der Waals surface area contributed by atoms with Gasteiger partial charge in [0.05, 0.1) is 0 Å². The lowest BCUT2D eigenvalue weighted by Crippen LogP contribution is -2.09. The highest BCUT2D eigenvalue weighted by Gasteiger charge is 2.21. The third-order valence-electron chi connectivity index (χ3n) is 9.43. The number of benzene rings is 8. The quantitative estimate of drug-likeness (QED) is 0.191. The van der Waals surface area contributed by atoms with Gasteiger partial charge in [-0.2, -0.15) is 0 Å².